The largest absolute Gasteiger partial charge is 0.481 e. The molecule has 142 valence electrons. The number of carbonyl (C=O) groups excluding carboxylic acids is 2. The van der Waals surface area contributed by atoms with Gasteiger partial charge in [-0.25, -0.2) is 0 Å². The molecule has 1 N–H and O–H groups in total. The predicted molar refractivity (Wildman–Crippen MR) is 96.3 cm³/mol. The first kappa shape index (κ1) is 19.9. The molecule has 0 aliphatic carbocycles. The topological polar surface area (TPSA) is 83.9 Å². The fourth-order valence-corrected chi connectivity index (χ4v) is 3.34. The zero-order chi connectivity index (χ0) is 19.1. The highest BCUT2D eigenvalue weighted by atomic mass is 16.5. The Hall–Kier alpha value is -2.37. The van der Waals surface area contributed by atoms with Crippen LogP contribution in [0.2, 0.25) is 0 Å². The van der Waals surface area contributed by atoms with E-state index in [1.165, 1.54) is 4.90 Å². The number of nitrogens with zero attached hydrogens (tertiary/aromatic N) is 1. The van der Waals surface area contributed by atoms with Gasteiger partial charge in [0.2, 0.25) is 5.91 Å². The maximum atomic E-state index is 12.9. The Balaban J connectivity index is 2.30. The van der Waals surface area contributed by atoms with Crippen molar-refractivity contribution < 1.29 is 24.2 Å². The molecule has 0 aromatic heterocycles. The van der Waals surface area contributed by atoms with Crippen LogP contribution in [0, 0.1) is 5.92 Å². The standard InChI is InChI=1S/C20H27NO5/c1-14-19(15-9-5-3-6-10-15)26-18(24)12-8-4-7-11-16(13-17(22)23)20(25)21(14)2/h3,5-6,9-10,14,16,19H,4,7-8,11-13H2,1-2H3,(H,22,23)/t14-,16-,19-/m0/s1. The molecular weight excluding hydrogens is 334 g/mol. The minimum absolute atomic E-state index is 0.175. The van der Waals surface area contributed by atoms with Crippen molar-refractivity contribution in [2.45, 2.75) is 57.6 Å². The zero-order valence-corrected chi connectivity index (χ0v) is 15.4. The molecule has 0 bridgehead atoms. The van der Waals surface area contributed by atoms with Gasteiger partial charge >= 0.3 is 11.9 Å². The minimum Gasteiger partial charge on any atom is -0.481 e. The lowest BCUT2D eigenvalue weighted by Gasteiger charge is -2.34. The lowest BCUT2D eigenvalue weighted by molar-refractivity contribution is -0.157. The van der Waals surface area contributed by atoms with E-state index in [1.807, 2.05) is 37.3 Å². The first-order valence-corrected chi connectivity index (χ1v) is 9.13. The summed E-state index contributed by atoms with van der Waals surface area (Å²) in [6, 6.07) is 8.94. The van der Waals surface area contributed by atoms with E-state index in [0.717, 1.165) is 18.4 Å². The monoisotopic (exact) mass is 361 g/mol. The first-order valence-electron chi connectivity index (χ1n) is 9.13. The number of carboxylic acids is 1. The number of benzene rings is 1. The van der Waals surface area contributed by atoms with Crippen LogP contribution in [0.25, 0.3) is 0 Å². The van der Waals surface area contributed by atoms with Gasteiger partial charge in [0.15, 0.2) is 0 Å². The lowest BCUT2D eigenvalue weighted by Crippen LogP contribution is -2.44. The van der Waals surface area contributed by atoms with Crippen LogP contribution >= 0.6 is 0 Å². The van der Waals surface area contributed by atoms with Gasteiger partial charge < -0.3 is 14.7 Å². The third-order valence-corrected chi connectivity index (χ3v) is 4.99. The second-order valence-electron chi connectivity index (χ2n) is 6.91. The van der Waals surface area contributed by atoms with Crippen molar-refractivity contribution in [1.82, 2.24) is 4.90 Å². The molecule has 26 heavy (non-hydrogen) atoms. The van der Waals surface area contributed by atoms with E-state index in [4.69, 9.17) is 9.84 Å². The molecule has 1 aliphatic heterocycles. The molecule has 1 fully saturated rings. The quantitative estimate of drug-likeness (QED) is 0.836. The number of cyclic esters (lactones) is 1. The van der Waals surface area contributed by atoms with E-state index in [2.05, 4.69) is 0 Å². The van der Waals surface area contributed by atoms with E-state index in [-0.39, 0.29) is 18.3 Å². The Bertz CT molecular complexity index is 630. The van der Waals surface area contributed by atoms with Crippen molar-refractivity contribution in [2.24, 2.45) is 5.92 Å². The van der Waals surface area contributed by atoms with Crippen molar-refractivity contribution in [2.75, 3.05) is 7.05 Å². The smallest absolute Gasteiger partial charge is 0.306 e. The molecule has 1 aromatic rings. The number of aliphatic carboxylic acids is 1. The van der Waals surface area contributed by atoms with Gasteiger partial charge in [0.05, 0.1) is 12.5 Å². The van der Waals surface area contributed by atoms with Crippen molar-refractivity contribution >= 4 is 17.8 Å². The van der Waals surface area contributed by atoms with E-state index in [0.29, 0.717) is 19.3 Å². The Kier molecular flexibility index (Phi) is 7.18. The highest BCUT2D eigenvalue weighted by molar-refractivity contribution is 5.83. The van der Waals surface area contributed by atoms with E-state index >= 15 is 0 Å². The fourth-order valence-electron chi connectivity index (χ4n) is 3.34. The summed E-state index contributed by atoms with van der Waals surface area (Å²) >= 11 is 0. The summed E-state index contributed by atoms with van der Waals surface area (Å²) in [6.07, 6.45) is 2.27. The summed E-state index contributed by atoms with van der Waals surface area (Å²) in [5.41, 5.74) is 0.819. The molecule has 2 rings (SSSR count). The number of hydrogen-bond acceptors (Lipinski definition) is 4. The summed E-state index contributed by atoms with van der Waals surface area (Å²) in [4.78, 5) is 37.8. The number of hydrogen-bond donors (Lipinski definition) is 1. The molecule has 1 saturated heterocycles. The van der Waals surface area contributed by atoms with Crippen LogP contribution in [0.3, 0.4) is 0 Å². The average Bonchev–Trinajstić information content (AvgIpc) is 2.62. The number of carboxylic acid groups (broad SMARTS) is 1. The molecule has 6 heteroatoms. The van der Waals surface area contributed by atoms with Gasteiger partial charge in [-0.15, -0.1) is 0 Å². The summed E-state index contributed by atoms with van der Waals surface area (Å²) < 4.78 is 5.71. The van der Waals surface area contributed by atoms with Crippen LogP contribution in [-0.4, -0.2) is 40.9 Å². The molecule has 0 spiro atoms. The van der Waals surface area contributed by atoms with Gasteiger partial charge in [-0.2, -0.15) is 0 Å². The Labute approximate surface area is 154 Å². The van der Waals surface area contributed by atoms with Gasteiger partial charge in [-0.1, -0.05) is 43.2 Å². The maximum Gasteiger partial charge on any atom is 0.306 e. The lowest BCUT2D eigenvalue weighted by atomic mass is 9.94. The van der Waals surface area contributed by atoms with Crippen molar-refractivity contribution in [3.63, 3.8) is 0 Å². The molecule has 3 atom stereocenters. The van der Waals surface area contributed by atoms with E-state index < -0.39 is 24.0 Å². The maximum absolute atomic E-state index is 12.9. The van der Waals surface area contributed by atoms with Gasteiger partial charge in [-0.05, 0) is 25.3 Å². The molecule has 0 saturated carbocycles. The summed E-state index contributed by atoms with van der Waals surface area (Å²) in [7, 11) is 1.65. The second-order valence-corrected chi connectivity index (χ2v) is 6.91. The van der Waals surface area contributed by atoms with Crippen molar-refractivity contribution in [1.29, 1.82) is 0 Å². The van der Waals surface area contributed by atoms with Gasteiger partial charge in [0.25, 0.3) is 0 Å². The van der Waals surface area contributed by atoms with Gasteiger partial charge in [0, 0.05) is 19.4 Å². The third-order valence-electron chi connectivity index (χ3n) is 4.99. The number of amides is 1. The predicted octanol–water partition coefficient (Wildman–Crippen LogP) is 3.17. The number of ether oxygens (including phenoxy) is 1. The summed E-state index contributed by atoms with van der Waals surface area (Å²) in [5, 5.41) is 9.15. The second kappa shape index (κ2) is 9.36. The van der Waals surface area contributed by atoms with Crippen LogP contribution in [0.4, 0.5) is 0 Å². The first-order chi connectivity index (χ1) is 12.4. The summed E-state index contributed by atoms with van der Waals surface area (Å²) in [6.45, 7) is 1.83. The molecule has 1 aliphatic rings. The van der Waals surface area contributed by atoms with Crippen LogP contribution in [-0.2, 0) is 19.1 Å². The Morgan fingerprint density at radius 3 is 2.54 bits per heavy atom. The summed E-state index contributed by atoms with van der Waals surface area (Å²) in [5.74, 6) is -2.00. The van der Waals surface area contributed by atoms with Gasteiger partial charge in [-0.3, -0.25) is 14.4 Å². The van der Waals surface area contributed by atoms with E-state index in [9.17, 15) is 14.4 Å². The Morgan fingerprint density at radius 1 is 1.19 bits per heavy atom. The molecule has 6 nitrogen and oxygen atoms in total. The number of likely N-dealkylation sites (N-methyl/N-ethyl adjacent to an activating group) is 1. The number of esters is 1. The van der Waals surface area contributed by atoms with Crippen LogP contribution in [0.1, 0.15) is 57.1 Å². The highest BCUT2D eigenvalue weighted by Gasteiger charge is 2.33. The molecular formula is C20H27NO5. The van der Waals surface area contributed by atoms with Crippen molar-refractivity contribution in [3.05, 3.63) is 35.9 Å². The molecule has 0 unspecified atom stereocenters. The van der Waals surface area contributed by atoms with Crippen LogP contribution < -0.4 is 0 Å². The van der Waals surface area contributed by atoms with Crippen LogP contribution in [0.5, 0.6) is 0 Å². The number of carbonyl (C=O) groups is 3. The molecule has 1 heterocycles. The molecule has 0 radical (unpaired) electrons. The average molecular weight is 361 g/mol. The van der Waals surface area contributed by atoms with Crippen LogP contribution in [0.15, 0.2) is 30.3 Å². The number of rotatable bonds is 3. The Morgan fingerprint density at radius 2 is 1.88 bits per heavy atom. The van der Waals surface area contributed by atoms with Crippen molar-refractivity contribution in [3.8, 4) is 0 Å². The normalized spacial score (nSPS) is 25.8. The molecule has 1 amide bonds. The van der Waals surface area contributed by atoms with E-state index in [1.54, 1.807) is 7.05 Å². The molecule has 1 aromatic carbocycles. The minimum atomic E-state index is -0.970. The highest BCUT2D eigenvalue weighted by Crippen LogP contribution is 2.28. The third kappa shape index (κ3) is 5.31. The zero-order valence-electron chi connectivity index (χ0n) is 15.4. The SMILES string of the molecule is C[C@H]1[C@@H](c2ccccc2)OC(=O)CCCCC[C@@H](CC(=O)O)C(=O)N1C. The van der Waals surface area contributed by atoms with Gasteiger partial charge in [0.1, 0.15) is 6.10 Å². The fraction of sp³-hybridized carbons (Fsp3) is 0.550.